The van der Waals surface area contributed by atoms with Gasteiger partial charge < -0.3 is 10.6 Å². The summed E-state index contributed by atoms with van der Waals surface area (Å²) in [4.78, 5) is 6.64. The molecule has 0 unspecified atom stereocenters. The van der Waals surface area contributed by atoms with Crippen molar-refractivity contribution in [1.29, 1.82) is 0 Å². The van der Waals surface area contributed by atoms with E-state index in [1.54, 1.807) is 0 Å². The van der Waals surface area contributed by atoms with E-state index in [4.69, 9.17) is 17.3 Å². The molecular weight excluding hydrogens is 258 g/mol. The molecule has 2 rings (SSSR count). The summed E-state index contributed by atoms with van der Waals surface area (Å²) in [5.74, 6) is 0. The van der Waals surface area contributed by atoms with Gasteiger partial charge in [-0.1, -0.05) is 18.0 Å². The second-order valence-corrected chi connectivity index (χ2v) is 5.20. The molecule has 19 heavy (non-hydrogen) atoms. The van der Waals surface area contributed by atoms with E-state index in [0.29, 0.717) is 0 Å². The number of hydrogen-bond donors (Lipinski definition) is 1. The Morgan fingerprint density at radius 3 is 2.84 bits per heavy atom. The highest BCUT2D eigenvalue weighted by Gasteiger charge is 2.06. The third-order valence-corrected chi connectivity index (χ3v) is 3.53. The third kappa shape index (κ3) is 3.58. The number of hydrogen-bond acceptors (Lipinski definition) is 3. The number of nitrogens with two attached hydrogens (primary N) is 1. The van der Waals surface area contributed by atoms with Crippen LogP contribution >= 0.6 is 11.6 Å². The molecule has 4 heteroatoms. The molecule has 2 N–H and O–H groups in total. The fraction of sp³-hybridized carbons (Fsp3) is 0.400. The second kappa shape index (κ2) is 6.73. The minimum atomic E-state index is 0.725. The number of anilines is 1. The van der Waals surface area contributed by atoms with Crippen LogP contribution in [0.3, 0.4) is 0 Å². The number of benzene rings is 1. The first-order chi connectivity index (χ1) is 9.22. The molecule has 0 spiro atoms. The normalized spacial score (nSPS) is 10.9. The van der Waals surface area contributed by atoms with E-state index in [0.717, 1.165) is 41.9 Å². The lowest BCUT2D eigenvalue weighted by atomic mass is 10.1. The van der Waals surface area contributed by atoms with Gasteiger partial charge in [-0.05, 0) is 43.7 Å². The van der Waals surface area contributed by atoms with E-state index in [1.165, 1.54) is 12.1 Å². The fourth-order valence-corrected chi connectivity index (χ4v) is 2.40. The average Bonchev–Trinajstić information content (AvgIpc) is 2.42. The Kier molecular flexibility index (Phi) is 5.00. The molecule has 102 valence electrons. The lowest BCUT2D eigenvalue weighted by Gasteiger charge is -2.21. The zero-order valence-electron chi connectivity index (χ0n) is 11.3. The largest absolute Gasteiger partial charge is 0.374 e. The van der Waals surface area contributed by atoms with Crippen LogP contribution in [0.1, 0.15) is 19.3 Å². The number of aromatic nitrogens is 1. The van der Waals surface area contributed by atoms with Crippen molar-refractivity contribution in [3.63, 3.8) is 0 Å². The van der Waals surface area contributed by atoms with Crippen molar-refractivity contribution in [1.82, 2.24) is 4.98 Å². The molecule has 0 saturated carbocycles. The van der Waals surface area contributed by atoms with Gasteiger partial charge in [-0.25, -0.2) is 0 Å². The minimum absolute atomic E-state index is 0.725. The molecule has 1 aromatic heterocycles. The van der Waals surface area contributed by atoms with Crippen molar-refractivity contribution in [2.75, 3.05) is 25.0 Å². The van der Waals surface area contributed by atoms with Gasteiger partial charge in [0.1, 0.15) is 0 Å². The Bertz CT molecular complexity index is 542. The predicted octanol–water partition coefficient (Wildman–Crippen LogP) is 3.45. The summed E-state index contributed by atoms with van der Waals surface area (Å²) < 4.78 is 0. The van der Waals surface area contributed by atoms with Crippen LogP contribution in [-0.4, -0.2) is 25.1 Å². The minimum Gasteiger partial charge on any atom is -0.374 e. The standard InChI is InChI=1S/C15H20ClN3/c1-19(10-4-2-3-8-17)15-7-9-18-14-11-12(16)5-6-13(14)15/h5-7,9,11H,2-4,8,10,17H2,1H3. The van der Waals surface area contributed by atoms with Crippen LogP contribution < -0.4 is 10.6 Å². The smallest absolute Gasteiger partial charge is 0.0737 e. The summed E-state index contributed by atoms with van der Waals surface area (Å²) in [5, 5.41) is 1.87. The fourth-order valence-electron chi connectivity index (χ4n) is 2.23. The lowest BCUT2D eigenvalue weighted by Crippen LogP contribution is -2.19. The summed E-state index contributed by atoms with van der Waals surface area (Å²) in [6, 6.07) is 7.91. The quantitative estimate of drug-likeness (QED) is 0.823. The summed E-state index contributed by atoms with van der Waals surface area (Å²) in [7, 11) is 2.12. The maximum atomic E-state index is 6.00. The molecule has 0 atom stereocenters. The molecule has 2 aromatic rings. The highest BCUT2D eigenvalue weighted by Crippen LogP contribution is 2.26. The van der Waals surface area contributed by atoms with Gasteiger partial charge in [-0.15, -0.1) is 0 Å². The van der Waals surface area contributed by atoms with Crippen LogP contribution in [0.25, 0.3) is 10.9 Å². The number of fused-ring (bicyclic) bond motifs is 1. The molecule has 1 heterocycles. The van der Waals surface area contributed by atoms with E-state index in [9.17, 15) is 0 Å². The van der Waals surface area contributed by atoms with Gasteiger partial charge >= 0.3 is 0 Å². The Labute approximate surface area is 119 Å². The molecule has 0 fully saturated rings. The number of pyridine rings is 1. The van der Waals surface area contributed by atoms with Crippen molar-refractivity contribution in [3.05, 3.63) is 35.5 Å². The number of unbranched alkanes of at least 4 members (excludes halogenated alkanes) is 2. The molecule has 0 saturated heterocycles. The molecule has 0 aliphatic carbocycles. The van der Waals surface area contributed by atoms with Crippen LogP contribution in [0.15, 0.2) is 30.5 Å². The van der Waals surface area contributed by atoms with Gasteiger partial charge in [0.05, 0.1) is 5.52 Å². The van der Waals surface area contributed by atoms with Gasteiger partial charge in [-0.3, -0.25) is 4.98 Å². The zero-order valence-corrected chi connectivity index (χ0v) is 12.0. The molecular formula is C15H20ClN3. The summed E-state index contributed by atoms with van der Waals surface area (Å²) >= 11 is 6.00. The van der Waals surface area contributed by atoms with Crippen molar-refractivity contribution >= 4 is 28.2 Å². The lowest BCUT2D eigenvalue weighted by molar-refractivity contribution is 0.679. The Balaban J connectivity index is 2.15. The molecule has 0 aliphatic rings. The molecule has 1 aromatic carbocycles. The first-order valence-electron chi connectivity index (χ1n) is 6.68. The van der Waals surface area contributed by atoms with Crippen molar-refractivity contribution in [3.8, 4) is 0 Å². The first kappa shape index (κ1) is 14.1. The van der Waals surface area contributed by atoms with E-state index < -0.39 is 0 Å². The predicted molar refractivity (Wildman–Crippen MR) is 82.9 cm³/mol. The van der Waals surface area contributed by atoms with E-state index in [2.05, 4.69) is 23.0 Å². The molecule has 0 amide bonds. The van der Waals surface area contributed by atoms with Gasteiger partial charge in [0.25, 0.3) is 0 Å². The van der Waals surface area contributed by atoms with Crippen molar-refractivity contribution < 1.29 is 0 Å². The molecule has 3 nitrogen and oxygen atoms in total. The summed E-state index contributed by atoms with van der Waals surface area (Å²) in [6.07, 6.45) is 5.27. The second-order valence-electron chi connectivity index (χ2n) is 4.76. The highest BCUT2D eigenvalue weighted by atomic mass is 35.5. The van der Waals surface area contributed by atoms with Crippen molar-refractivity contribution in [2.24, 2.45) is 5.73 Å². The number of rotatable bonds is 6. The first-order valence-corrected chi connectivity index (χ1v) is 7.05. The summed E-state index contributed by atoms with van der Waals surface area (Å²) in [6.45, 7) is 1.81. The van der Waals surface area contributed by atoms with Crippen LogP contribution in [0.4, 0.5) is 5.69 Å². The van der Waals surface area contributed by atoms with Crippen LogP contribution in [0.5, 0.6) is 0 Å². The van der Waals surface area contributed by atoms with Crippen LogP contribution in [0.2, 0.25) is 5.02 Å². The van der Waals surface area contributed by atoms with Crippen LogP contribution in [-0.2, 0) is 0 Å². The maximum absolute atomic E-state index is 6.00. The van der Waals surface area contributed by atoms with Crippen LogP contribution in [0, 0.1) is 0 Å². The zero-order chi connectivity index (χ0) is 13.7. The molecule has 0 radical (unpaired) electrons. The van der Waals surface area contributed by atoms with Crippen molar-refractivity contribution in [2.45, 2.75) is 19.3 Å². The van der Waals surface area contributed by atoms with Gasteiger partial charge in [0.2, 0.25) is 0 Å². The number of nitrogens with zero attached hydrogens (tertiary/aromatic N) is 2. The SMILES string of the molecule is CN(CCCCCN)c1ccnc2cc(Cl)ccc12. The van der Waals surface area contributed by atoms with E-state index in [1.807, 2.05) is 24.4 Å². The van der Waals surface area contributed by atoms with Gasteiger partial charge in [-0.2, -0.15) is 0 Å². The third-order valence-electron chi connectivity index (χ3n) is 3.29. The summed E-state index contributed by atoms with van der Waals surface area (Å²) in [5.41, 5.74) is 7.66. The highest BCUT2D eigenvalue weighted by molar-refractivity contribution is 6.31. The molecule has 0 aliphatic heterocycles. The Morgan fingerprint density at radius 1 is 1.21 bits per heavy atom. The topological polar surface area (TPSA) is 42.1 Å². The average molecular weight is 278 g/mol. The Hall–Kier alpha value is -1.32. The monoisotopic (exact) mass is 277 g/mol. The molecule has 0 bridgehead atoms. The Morgan fingerprint density at radius 2 is 2.05 bits per heavy atom. The van der Waals surface area contributed by atoms with E-state index in [-0.39, 0.29) is 0 Å². The maximum Gasteiger partial charge on any atom is 0.0737 e. The van der Waals surface area contributed by atoms with E-state index >= 15 is 0 Å². The van der Waals surface area contributed by atoms with Gasteiger partial charge in [0.15, 0.2) is 0 Å². The van der Waals surface area contributed by atoms with Gasteiger partial charge in [0, 0.05) is 35.9 Å². The number of halogens is 1.